The van der Waals surface area contributed by atoms with Crippen molar-refractivity contribution in [1.82, 2.24) is 10.6 Å². The highest BCUT2D eigenvalue weighted by Gasteiger charge is 2.04. The molecule has 0 atom stereocenters. The van der Waals surface area contributed by atoms with Gasteiger partial charge in [0, 0.05) is 25.2 Å². The molecule has 122 valence electrons. The number of rotatable bonds is 6. The van der Waals surface area contributed by atoms with Crippen LogP contribution in [-0.4, -0.2) is 17.5 Å². The second-order valence-corrected chi connectivity index (χ2v) is 5.09. The smallest absolute Gasteiger partial charge is 0.315 e. The Labute approximate surface area is 139 Å². The van der Waals surface area contributed by atoms with Crippen molar-refractivity contribution in [2.75, 3.05) is 6.54 Å². The van der Waals surface area contributed by atoms with Gasteiger partial charge in [-0.15, -0.1) is 0 Å². The lowest BCUT2D eigenvalue weighted by Gasteiger charge is -2.08. The van der Waals surface area contributed by atoms with Crippen LogP contribution < -0.4 is 10.6 Å². The van der Waals surface area contributed by atoms with Crippen LogP contribution in [0.15, 0.2) is 48.5 Å². The molecule has 0 aromatic heterocycles. The molecule has 0 aliphatic heterocycles. The molecule has 0 bridgehead atoms. The maximum absolute atomic E-state index is 11.7. The zero-order valence-electron chi connectivity index (χ0n) is 12.9. The summed E-state index contributed by atoms with van der Waals surface area (Å²) in [6, 6.07) is 15.0. The fourth-order valence-corrected chi connectivity index (χ4v) is 2.05. The third-order valence-corrected chi connectivity index (χ3v) is 3.38. The molecule has 0 saturated carbocycles. The van der Waals surface area contributed by atoms with Crippen molar-refractivity contribution < 1.29 is 9.72 Å². The molecule has 2 aromatic rings. The van der Waals surface area contributed by atoms with Gasteiger partial charge < -0.3 is 10.6 Å². The van der Waals surface area contributed by atoms with Crippen LogP contribution in [0.5, 0.6) is 0 Å². The number of nitrogens with one attached hydrogen (secondary N) is 2. The molecule has 0 heterocycles. The highest BCUT2D eigenvalue weighted by atomic mass is 16.6. The molecule has 24 heavy (non-hydrogen) atoms. The number of benzene rings is 2. The summed E-state index contributed by atoms with van der Waals surface area (Å²) < 4.78 is 0. The lowest BCUT2D eigenvalue weighted by molar-refractivity contribution is -0.384. The number of hydrogen-bond donors (Lipinski definition) is 2. The van der Waals surface area contributed by atoms with Crippen LogP contribution in [0.2, 0.25) is 0 Å². The second kappa shape index (κ2) is 8.29. The van der Waals surface area contributed by atoms with Gasteiger partial charge in [0.1, 0.15) is 0 Å². The van der Waals surface area contributed by atoms with Crippen LogP contribution >= 0.6 is 0 Å². The van der Waals surface area contributed by atoms with Crippen LogP contribution in [0.3, 0.4) is 0 Å². The van der Waals surface area contributed by atoms with Gasteiger partial charge in [-0.3, -0.25) is 10.1 Å². The highest BCUT2D eigenvalue weighted by molar-refractivity contribution is 5.73. The Hall–Kier alpha value is -3.40. The van der Waals surface area contributed by atoms with E-state index >= 15 is 0 Å². The first-order valence-electron chi connectivity index (χ1n) is 7.32. The molecule has 0 aliphatic rings. The summed E-state index contributed by atoms with van der Waals surface area (Å²) in [7, 11) is 0. The van der Waals surface area contributed by atoms with E-state index in [1.54, 1.807) is 36.4 Å². The summed E-state index contributed by atoms with van der Waals surface area (Å²) in [4.78, 5) is 21.8. The summed E-state index contributed by atoms with van der Waals surface area (Å²) in [5, 5.41) is 24.7. The third kappa shape index (κ3) is 5.10. The van der Waals surface area contributed by atoms with Crippen LogP contribution in [0.25, 0.3) is 0 Å². The number of amides is 2. The Balaban J connectivity index is 1.71. The Morgan fingerprint density at radius 2 is 1.67 bits per heavy atom. The number of nitrogens with zero attached hydrogens (tertiary/aromatic N) is 2. The number of nitriles is 1. The molecule has 2 aromatic carbocycles. The fourth-order valence-electron chi connectivity index (χ4n) is 2.05. The Morgan fingerprint density at radius 3 is 2.25 bits per heavy atom. The van der Waals surface area contributed by atoms with E-state index in [1.807, 2.05) is 6.07 Å². The van der Waals surface area contributed by atoms with E-state index < -0.39 is 4.92 Å². The van der Waals surface area contributed by atoms with Gasteiger partial charge in [-0.1, -0.05) is 24.3 Å². The molecule has 0 radical (unpaired) electrons. The van der Waals surface area contributed by atoms with E-state index in [4.69, 9.17) is 5.26 Å². The lowest BCUT2D eigenvalue weighted by Crippen LogP contribution is -2.36. The van der Waals surface area contributed by atoms with Crippen molar-refractivity contribution in [2.45, 2.75) is 13.0 Å². The zero-order valence-corrected chi connectivity index (χ0v) is 12.9. The standard InChI is InChI=1S/C17H16N4O3/c18-11-14-1-3-15(4-2-14)12-20-17(22)19-10-9-13-5-7-16(8-6-13)21(23)24/h1-8H,9-10,12H2,(H2,19,20,22). The van der Waals surface area contributed by atoms with Gasteiger partial charge in [0.25, 0.3) is 5.69 Å². The van der Waals surface area contributed by atoms with Gasteiger partial charge >= 0.3 is 6.03 Å². The quantitative estimate of drug-likeness (QED) is 0.628. The molecule has 2 rings (SSSR count). The number of hydrogen-bond acceptors (Lipinski definition) is 4. The van der Waals surface area contributed by atoms with Gasteiger partial charge in [0.2, 0.25) is 0 Å². The van der Waals surface area contributed by atoms with E-state index in [9.17, 15) is 14.9 Å². The Bertz CT molecular complexity index is 749. The molecule has 0 saturated heterocycles. The minimum Gasteiger partial charge on any atom is -0.338 e. The Morgan fingerprint density at radius 1 is 1.04 bits per heavy atom. The van der Waals surface area contributed by atoms with Gasteiger partial charge in [-0.2, -0.15) is 5.26 Å². The Kier molecular flexibility index (Phi) is 5.86. The van der Waals surface area contributed by atoms with Crippen LogP contribution in [0.4, 0.5) is 10.5 Å². The molecule has 7 heteroatoms. The topological polar surface area (TPSA) is 108 Å². The normalized spacial score (nSPS) is 9.79. The number of nitro groups is 1. The first-order chi connectivity index (χ1) is 11.6. The lowest BCUT2D eigenvalue weighted by atomic mass is 10.1. The van der Waals surface area contributed by atoms with Crippen LogP contribution in [0.1, 0.15) is 16.7 Å². The van der Waals surface area contributed by atoms with Gasteiger partial charge in [-0.25, -0.2) is 4.79 Å². The number of urea groups is 1. The average molecular weight is 324 g/mol. The molecular weight excluding hydrogens is 308 g/mol. The van der Waals surface area contributed by atoms with E-state index in [0.717, 1.165) is 11.1 Å². The summed E-state index contributed by atoms with van der Waals surface area (Å²) in [5.41, 5.74) is 2.44. The van der Waals surface area contributed by atoms with E-state index in [-0.39, 0.29) is 11.7 Å². The van der Waals surface area contributed by atoms with Gasteiger partial charge in [0.15, 0.2) is 0 Å². The van der Waals surface area contributed by atoms with Crippen molar-refractivity contribution in [3.63, 3.8) is 0 Å². The van der Waals surface area contributed by atoms with E-state index in [2.05, 4.69) is 10.6 Å². The van der Waals surface area contributed by atoms with Gasteiger partial charge in [0.05, 0.1) is 16.6 Å². The van der Waals surface area contributed by atoms with Crippen molar-refractivity contribution >= 4 is 11.7 Å². The zero-order chi connectivity index (χ0) is 17.4. The minimum atomic E-state index is -0.446. The predicted octanol–water partition coefficient (Wildman–Crippen LogP) is 2.51. The maximum atomic E-state index is 11.7. The average Bonchev–Trinajstić information content (AvgIpc) is 2.61. The molecule has 2 amide bonds. The molecule has 0 aliphatic carbocycles. The number of carbonyl (C=O) groups is 1. The number of carbonyl (C=O) groups excluding carboxylic acids is 1. The van der Waals surface area contributed by atoms with Crippen LogP contribution in [0, 0.1) is 21.4 Å². The molecular formula is C17H16N4O3. The SMILES string of the molecule is N#Cc1ccc(CNC(=O)NCCc2ccc([N+](=O)[O-])cc2)cc1. The number of non-ortho nitro benzene ring substituents is 1. The van der Waals surface area contributed by atoms with Crippen LogP contribution in [-0.2, 0) is 13.0 Å². The van der Waals surface area contributed by atoms with Crippen molar-refractivity contribution in [2.24, 2.45) is 0 Å². The summed E-state index contributed by atoms with van der Waals surface area (Å²) in [5.74, 6) is 0. The summed E-state index contributed by atoms with van der Waals surface area (Å²) in [6.07, 6.45) is 0.586. The minimum absolute atomic E-state index is 0.0480. The van der Waals surface area contributed by atoms with E-state index in [0.29, 0.717) is 25.1 Å². The molecule has 0 unspecified atom stereocenters. The first kappa shape index (κ1) is 17.0. The number of nitro benzene ring substituents is 1. The maximum Gasteiger partial charge on any atom is 0.315 e. The van der Waals surface area contributed by atoms with Crippen molar-refractivity contribution in [1.29, 1.82) is 5.26 Å². The second-order valence-electron chi connectivity index (χ2n) is 5.09. The fraction of sp³-hybridized carbons (Fsp3) is 0.176. The molecule has 2 N–H and O–H groups in total. The monoisotopic (exact) mass is 324 g/mol. The molecule has 0 fully saturated rings. The highest BCUT2D eigenvalue weighted by Crippen LogP contribution is 2.11. The molecule has 7 nitrogen and oxygen atoms in total. The predicted molar refractivity (Wildman–Crippen MR) is 88.2 cm³/mol. The first-order valence-corrected chi connectivity index (χ1v) is 7.32. The van der Waals surface area contributed by atoms with Crippen molar-refractivity contribution in [3.05, 3.63) is 75.3 Å². The van der Waals surface area contributed by atoms with Gasteiger partial charge in [-0.05, 0) is 29.7 Å². The summed E-state index contributed by atoms with van der Waals surface area (Å²) >= 11 is 0. The molecule has 0 spiro atoms. The largest absolute Gasteiger partial charge is 0.338 e. The van der Waals surface area contributed by atoms with Crippen molar-refractivity contribution in [3.8, 4) is 6.07 Å². The summed E-state index contributed by atoms with van der Waals surface area (Å²) in [6.45, 7) is 0.798. The third-order valence-electron chi connectivity index (χ3n) is 3.38. The van der Waals surface area contributed by atoms with E-state index in [1.165, 1.54) is 12.1 Å².